The van der Waals surface area contributed by atoms with E-state index < -0.39 is 0 Å². The number of aryl methyl sites for hydroxylation is 4. The number of imidazole rings is 1. The van der Waals surface area contributed by atoms with E-state index in [4.69, 9.17) is 0 Å². The molecule has 0 saturated heterocycles. The second-order valence-corrected chi connectivity index (χ2v) is 7.87. The summed E-state index contributed by atoms with van der Waals surface area (Å²) in [7, 11) is 1.81. The van der Waals surface area contributed by atoms with Crippen LogP contribution >= 0.6 is 11.3 Å². The van der Waals surface area contributed by atoms with Crippen molar-refractivity contribution in [2.24, 2.45) is 4.99 Å². The molecule has 6 nitrogen and oxygen atoms in total. The average molecular weight is 385 g/mol. The molecule has 3 aromatic rings. The zero-order chi connectivity index (χ0) is 19.2. The lowest BCUT2D eigenvalue weighted by molar-refractivity contribution is 0.624. The largest absolute Gasteiger partial charge is 0.356 e. The van der Waals surface area contributed by atoms with E-state index in [-0.39, 0.29) is 0 Å². The van der Waals surface area contributed by atoms with E-state index in [9.17, 15) is 0 Å². The molecule has 2 heterocycles. The molecule has 27 heavy (non-hydrogen) atoms. The SMILES string of the molecule is CN=C(NCCCn1c(C)nc2ccccc21)NCCc1nc(C)c(C)s1. The molecule has 2 aromatic heterocycles. The molecule has 0 atom stereocenters. The van der Waals surface area contributed by atoms with Crippen LogP contribution in [0.4, 0.5) is 0 Å². The number of guanidine groups is 1. The van der Waals surface area contributed by atoms with E-state index in [0.29, 0.717) is 0 Å². The number of fused-ring (bicyclic) bond motifs is 1. The summed E-state index contributed by atoms with van der Waals surface area (Å²) in [5.74, 6) is 1.90. The lowest BCUT2D eigenvalue weighted by Crippen LogP contribution is -2.39. The summed E-state index contributed by atoms with van der Waals surface area (Å²) in [6, 6.07) is 8.29. The second kappa shape index (κ2) is 8.99. The molecule has 2 N–H and O–H groups in total. The number of benzene rings is 1. The first-order valence-electron chi connectivity index (χ1n) is 9.37. The van der Waals surface area contributed by atoms with Crippen LogP contribution in [0.1, 0.15) is 27.8 Å². The highest BCUT2D eigenvalue weighted by atomic mass is 32.1. The highest BCUT2D eigenvalue weighted by Crippen LogP contribution is 2.16. The summed E-state index contributed by atoms with van der Waals surface area (Å²) in [4.78, 5) is 14.8. The topological polar surface area (TPSA) is 67.1 Å². The molecule has 0 radical (unpaired) electrons. The van der Waals surface area contributed by atoms with Gasteiger partial charge >= 0.3 is 0 Å². The van der Waals surface area contributed by atoms with Crippen LogP contribution in [0, 0.1) is 20.8 Å². The Morgan fingerprint density at radius 3 is 2.63 bits per heavy atom. The quantitative estimate of drug-likeness (QED) is 0.373. The van der Waals surface area contributed by atoms with Gasteiger partial charge in [0.2, 0.25) is 0 Å². The average Bonchev–Trinajstić information content (AvgIpc) is 3.15. The summed E-state index contributed by atoms with van der Waals surface area (Å²) in [5.41, 5.74) is 3.40. The van der Waals surface area contributed by atoms with Crippen molar-refractivity contribution < 1.29 is 0 Å². The third kappa shape index (κ3) is 4.86. The van der Waals surface area contributed by atoms with Gasteiger partial charge in [-0.1, -0.05) is 12.1 Å². The normalized spacial score (nSPS) is 11.9. The van der Waals surface area contributed by atoms with Gasteiger partial charge in [-0.05, 0) is 39.3 Å². The van der Waals surface area contributed by atoms with Crippen molar-refractivity contribution in [2.45, 2.75) is 40.2 Å². The Hall–Kier alpha value is -2.41. The van der Waals surface area contributed by atoms with E-state index in [0.717, 1.165) is 55.5 Å². The van der Waals surface area contributed by atoms with Gasteiger partial charge in [0, 0.05) is 38.0 Å². The Bertz CT molecular complexity index is 904. The van der Waals surface area contributed by atoms with Crippen molar-refractivity contribution in [3.05, 3.63) is 45.7 Å². The Morgan fingerprint density at radius 1 is 1.11 bits per heavy atom. The predicted octanol–water partition coefficient (Wildman–Crippen LogP) is 3.22. The van der Waals surface area contributed by atoms with Crippen LogP contribution in [0.3, 0.4) is 0 Å². The van der Waals surface area contributed by atoms with Crippen LogP contribution in [0.15, 0.2) is 29.3 Å². The van der Waals surface area contributed by atoms with Gasteiger partial charge < -0.3 is 15.2 Å². The zero-order valence-electron chi connectivity index (χ0n) is 16.5. The molecular formula is C20H28N6S. The van der Waals surface area contributed by atoms with E-state index in [2.05, 4.69) is 69.1 Å². The first-order chi connectivity index (χ1) is 13.1. The molecule has 0 aliphatic rings. The van der Waals surface area contributed by atoms with E-state index in [1.807, 2.05) is 6.07 Å². The van der Waals surface area contributed by atoms with Crippen LogP contribution in [-0.4, -0.2) is 40.6 Å². The fraction of sp³-hybridized carbons (Fsp3) is 0.450. The second-order valence-electron chi connectivity index (χ2n) is 6.58. The number of nitrogens with one attached hydrogen (secondary N) is 2. The van der Waals surface area contributed by atoms with Gasteiger partial charge in [-0.2, -0.15) is 0 Å². The third-order valence-electron chi connectivity index (χ3n) is 4.62. The highest BCUT2D eigenvalue weighted by Gasteiger charge is 2.07. The molecule has 0 bridgehead atoms. The minimum Gasteiger partial charge on any atom is -0.356 e. The predicted molar refractivity (Wildman–Crippen MR) is 114 cm³/mol. The fourth-order valence-electron chi connectivity index (χ4n) is 3.08. The van der Waals surface area contributed by atoms with Crippen LogP contribution < -0.4 is 10.6 Å². The zero-order valence-corrected chi connectivity index (χ0v) is 17.4. The van der Waals surface area contributed by atoms with Crippen molar-refractivity contribution in [1.29, 1.82) is 0 Å². The Balaban J connectivity index is 1.42. The third-order valence-corrected chi connectivity index (χ3v) is 5.76. The number of hydrogen-bond acceptors (Lipinski definition) is 4. The molecule has 0 aliphatic carbocycles. The van der Waals surface area contributed by atoms with Gasteiger partial charge in [0.1, 0.15) is 5.82 Å². The molecular weight excluding hydrogens is 356 g/mol. The first kappa shape index (κ1) is 19.4. The van der Waals surface area contributed by atoms with Crippen LogP contribution in [0.25, 0.3) is 11.0 Å². The summed E-state index contributed by atoms with van der Waals surface area (Å²) >= 11 is 1.78. The molecule has 1 aromatic carbocycles. The van der Waals surface area contributed by atoms with E-state index >= 15 is 0 Å². The molecule has 0 amide bonds. The molecule has 0 spiro atoms. The highest BCUT2D eigenvalue weighted by molar-refractivity contribution is 7.11. The van der Waals surface area contributed by atoms with Gasteiger partial charge in [0.05, 0.1) is 21.7 Å². The number of nitrogens with zero attached hydrogens (tertiary/aromatic N) is 4. The number of rotatable bonds is 7. The van der Waals surface area contributed by atoms with Crippen molar-refractivity contribution >= 4 is 28.3 Å². The standard InChI is InChI=1S/C20H28N6S/c1-14-15(2)27-19(24-14)10-12-23-20(21-4)22-11-7-13-26-16(3)25-17-8-5-6-9-18(17)26/h5-6,8-9H,7,10-13H2,1-4H3,(H2,21,22,23). The van der Waals surface area contributed by atoms with E-state index in [1.54, 1.807) is 18.4 Å². The van der Waals surface area contributed by atoms with Gasteiger partial charge in [-0.25, -0.2) is 9.97 Å². The van der Waals surface area contributed by atoms with Crippen molar-refractivity contribution in [3.8, 4) is 0 Å². The number of para-hydroxylation sites is 2. The van der Waals surface area contributed by atoms with Crippen molar-refractivity contribution in [3.63, 3.8) is 0 Å². The lowest BCUT2D eigenvalue weighted by Gasteiger charge is -2.12. The van der Waals surface area contributed by atoms with Gasteiger partial charge in [0.15, 0.2) is 5.96 Å². The Labute approximate surface area is 164 Å². The van der Waals surface area contributed by atoms with Crippen molar-refractivity contribution in [2.75, 3.05) is 20.1 Å². The van der Waals surface area contributed by atoms with Gasteiger partial charge in [-0.15, -0.1) is 11.3 Å². The smallest absolute Gasteiger partial charge is 0.190 e. The molecule has 0 fully saturated rings. The number of aromatic nitrogens is 3. The molecule has 0 unspecified atom stereocenters. The van der Waals surface area contributed by atoms with Gasteiger partial charge in [-0.3, -0.25) is 4.99 Å². The van der Waals surface area contributed by atoms with Crippen LogP contribution in [0.5, 0.6) is 0 Å². The van der Waals surface area contributed by atoms with Crippen LogP contribution in [0.2, 0.25) is 0 Å². The monoisotopic (exact) mass is 384 g/mol. The Kier molecular flexibility index (Phi) is 6.45. The van der Waals surface area contributed by atoms with Crippen LogP contribution in [-0.2, 0) is 13.0 Å². The molecule has 144 valence electrons. The number of aliphatic imine (C=N–C) groups is 1. The maximum atomic E-state index is 4.62. The summed E-state index contributed by atoms with van der Waals surface area (Å²) in [6.07, 6.45) is 1.92. The lowest BCUT2D eigenvalue weighted by atomic mass is 10.3. The maximum Gasteiger partial charge on any atom is 0.190 e. The molecule has 7 heteroatoms. The molecule has 3 rings (SSSR count). The number of thiazole rings is 1. The maximum absolute atomic E-state index is 4.62. The molecule has 0 saturated carbocycles. The molecule has 0 aliphatic heterocycles. The summed E-state index contributed by atoms with van der Waals surface area (Å²) < 4.78 is 2.28. The first-order valence-corrected chi connectivity index (χ1v) is 10.2. The minimum absolute atomic E-state index is 0.831. The minimum atomic E-state index is 0.831. The summed E-state index contributed by atoms with van der Waals surface area (Å²) in [5, 5.41) is 7.93. The van der Waals surface area contributed by atoms with Crippen molar-refractivity contribution in [1.82, 2.24) is 25.2 Å². The summed E-state index contributed by atoms with van der Waals surface area (Å²) in [6.45, 7) is 8.88. The van der Waals surface area contributed by atoms with Gasteiger partial charge in [0.25, 0.3) is 0 Å². The number of hydrogen-bond donors (Lipinski definition) is 2. The van der Waals surface area contributed by atoms with E-state index in [1.165, 1.54) is 15.4 Å². The Morgan fingerprint density at radius 2 is 1.89 bits per heavy atom. The fourth-order valence-corrected chi connectivity index (χ4v) is 4.01.